The minimum atomic E-state index is -0.576. The zero-order chi connectivity index (χ0) is 12.1. The molecule has 1 N–H and O–H groups in total. The van der Waals surface area contributed by atoms with Crippen molar-refractivity contribution in [2.24, 2.45) is 5.92 Å². The molecule has 0 amide bonds. The van der Waals surface area contributed by atoms with Crippen LogP contribution in [0.2, 0.25) is 0 Å². The summed E-state index contributed by atoms with van der Waals surface area (Å²) in [5.74, 6) is -0.746. The third-order valence-corrected chi connectivity index (χ3v) is 2.06. The first kappa shape index (κ1) is 13.1. The van der Waals surface area contributed by atoms with E-state index in [-0.39, 0.29) is 6.04 Å². The highest BCUT2D eigenvalue weighted by Crippen LogP contribution is 2.15. The van der Waals surface area contributed by atoms with Crippen LogP contribution in [0.25, 0.3) is 0 Å². The lowest BCUT2D eigenvalue weighted by atomic mass is 10.1. The largest absolute Gasteiger partial charge is 0.301 e. The van der Waals surface area contributed by atoms with Crippen LogP contribution in [0, 0.1) is 17.6 Å². The third kappa shape index (κ3) is 4.24. The summed E-state index contributed by atoms with van der Waals surface area (Å²) in [5, 5.41) is 0. The molecule has 4 heteroatoms. The van der Waals surface area contributed by atoms with Crippen LogP contribution in [0.1, 0.15) is 32.4 Å². The molecule has 0 aliphatic rings. The second kappa shape index (κ2) is 5.92. The SMILES string of the molecule is CC(C)CONC(C)c1cc(F)cc(F)c1. The van der Waals surface area contributed by atoms with Gasteiger partial charge in [0, 0.05) is 6.07 Å². The smallest absolute Gasteiger partial charge is 0.126 e. The predicted octanol–water partition coefficient (Wildman–Crippen LogP) is 3.20. The van der Waals surface area contributed by atoms with Crippen molar-refractivity contribution in [2.75, 3.05) is 6.61 Å². The number of halogens is 2. The van der Waals surface area contributed by atoms with Crippen molar-refractivity contribution in [2.45, 2.75) is 26.8 Å². The van der Waals surface area contributed by atoms with Crippen LogP contribution < -0.4 is 5.48 Å². The molecule has 0 aromatic heterocycles. The van der Waals surface area contributed by atoms with E-state index in [0.29, 0.717) is 18.1 Å². The van der Waals surface area contributed by atoms with Gasteiger partial charge in [0.05, 0.1) is 12.6 Å². The minimum absolute atomic E-state index is 0.246. The molecule has 0 radical (unpaired) electrons. The van der Waals surface area contributed by atoms with Gasteiger partial charge in [0.1, 0.15) is 11.6 Å². The van der Waals surface area contributed by atoms with Crippen LogP contribution in [0.15, 0.2) is 18.2 Å². The molecule has 0 bridgehead atoms. The Balaban J connectivity index is 2.55. The number of hydrogen-bond donors (Lipinski definition) is 1. The number of hydrogen-bond acceptors (Lipinski definition) is 2. The Kier molecular flexibility index (Phi) is 4.83. The summed E-state index contributed by atoms with van der Waals surface area (Å²) in [7, 11) is 0. The molecular weight excluding hydrogens is 212 g/mol. The van der Waals surface area contributed by atoms with Gasteiger partial charge in [-0.2, -0.15) is 5.48 Å². The van der Waals surface area contributed by atoms with Gasteiger partial charge < -0.3 is 4.84 Å². The lowest BCUT2D eigenvalue weighted by Gasteiger charge is -2.15. The zero-order valence-electron chi connectivity index (χ0n) is 9.76. The Hall–Kier alpha value is -1.00. The summed E-state index contributed by atoms with van der Waals surface area (Å²) in [6.45, 7) is 6.39. The van der Waals surface area contributed by atoms with Gasteiger partial charge in [-0.25, -0.2) is 8.78 Å². The number of nitrogens with one attached hydrogen (secondary N) is 1. The summed E-state index contributed by atoms with van der Waals surface area (Å²) in [5.41, 5.74) is 3.28. The van der Waals surface area contributed by atoms with Gasteiger partial charge in [0.2, 0.25) is 0 Å². The normalized spacial score (nSPS) is 13.1. The summed E-state index contributed by atoms with van der Waals surface area (Å²) in [4.78, 5) is 5.20. The second-order valence-corrected chi connectivity index (χ2v) is 4.25. The van der Waals surface area contributed by atoms with Crippen LogP contribution in [0.4, 0.5) is 8.78 Å². The predicted molar refractivity (Wildman–Crippen MR) is 58.7 cm³/mol. The maximum Gasteiger partial charge on any atom is 0.126 e. The van der Waals surface area contributed by atoms with E-state index in [0.717, 1.165) is 6.07 Å². The van der Waals surface area contributed by atoms with Crippen molar-refractivity contribution in [3.05, 3.63) is 35.4 Å². The first-order valence-electron chi connectivity index (χ1n) is 5.32. The number of rotatable bonds is 5. The molecule has 0 saturated heterocycles. The molecule has 0 heterocycles. The molecule has 0 saturated carbocycles. The third-order valence-electron chi connectivity index (χ3n) is 2.06. The molecule has 90 valence electrons. The van der Waals surface area contributed by atoms with Crippen molar-refractivity contribution < 1.29 is 13.6 Å². The van der Waals surface area contributed by atoms with Crippen molar-refractivity contribution in [1.82, 2.24) is 5.48 Å². The lowest BCUT2D eigenvalue weighted by molar-refractivity contribution is 0.00399. The fourth-order valence-electron chi connectivity index (χ4n) is 1.23. The molecule has 0 spiro atoms. The molecule has 1 aromatic carbocycles. The Bertz CT molecular complexity index is 322. The molecular formula is C12H17F2NO. The number of benzene rings is 1. The molecule has 0 aliphatic heterocycles. The quantitative estimate of drug-likeness (QED) is 0.783. The molecule has 0 fully saturated rings. The zero-order valence-corrected chi connectivity index (χ0v) is 9.76. The monoisotopic (exact) mass is 229 g/mol. The van der Waals surface area contributed by atoms with Crippen molar-refractivity contribution >= 4 is 0 Å². The molecule has 0 aliphatic carbocycles. The average Bonchev–Trinajstić information content (AvgIpc) is 2.15. The Morgan fingerprint density at radius 2 is 1.69 bits per heavy atom. The van der Waals surface area contributed by atoms with Gasteiger partial charge in [-0.05, 0) is 30.5 Å². The molecule has 16 heavy (non-hydrogen) atoms. The van der Waals surface area contributed by atoms with Gasteiger partial charge >= 0.3 is 0 Å². The van der Waals surface area contributed by atoms with Gasteiger partial charge in [-0.15, -0.1) is 0 Å². The van der Waals surface area contributed by atoms with E-state index in [1.54, 1.807) is 6.92 Å². The maximum absolute atomic E-state index is 12.9. The molecule has 2 nitrogen and oxygen atoms in total. The van der Waals surface area contributed by atoms with Gasteiger partial charge in [-0.3, -0.25) is 0 Å². The number of hydroxylamine groups is 1. The Morgan fingerprint density at radius 1 is 1.12 bits per heavy atom. The standard InChI is InChI=1S/C12H17F2NO/c1-8(2)7-16-15-9(3)10-4-11(13)6-12(14)5-10/h4-6,8-9,15H,7H2,1-3H3. The molecule has 1 aromatic rings. The van der Waals surface area contributed by atoms with Crippen LogP contribution in [-0.2, 0) is 4.84 Å². The topological polar surface area (TPSA) is 21.3 Å². The summed E-state index contributed by atoms with van der Waals surface area (Å²) in [6, 6.07) is 3.19. The minimum Gasteiger partial charge on any atom is -0.301 e. The van der Waals surface area contributed by atoms with E-state index in [1.807, 2.05) is 13.8 Å². The maximum atomic E-state index is 12.9. The van der Waals surface area contributed by atoms with Crippen LogP contribution in [-0.4, -0.2) is 6.61 Å². The van der Waals surface area contributed by atoms with Gasteiger partial charge in [0.15, 0.2) is 0 Å². The van der Waals surface area contributed by atoms with Crippen LogP contribution in [0.3, 0.4) is 0 Å². The first-order valence-corrected chi connectivity index (χ1v) is 5.32. The van der Waals surface area contributed by atoms with Crippen molar-refractivity contribution in [3.8, 4) is 0 Å². The van der Waals surface area contributed by atoms with E-state index in [1.165, 1.54) is 12.1 Å². The van der Waals surface area contributed by atoms with Gasteiger partial charge in [-0.1, -0.05) is 13.8 Å². The van der Waals surface area contributed by atoms with Crippen LogP contribution in [0.5, 0.6) is 0 Å². The summed E-state index contributed by atoms with van der Waals surface area (Å²) < 4.78 is 25.9. The highest BCUT2D eigenvalue weighted by atomic mass is 19.1. The molecule has 1 atom stereocenters. The molecule has 1 unspecified atom stereocenters. The van der Waals surface area contributed by atoms with E-state index >= 15 is 0 Å². The summed E-state index contributed by atoms with van der Waals surface area (Å²) in [6.07, 6.45) is 0. The fraction of sp³-hybridized carbons (Fsp3) is 0.500. The lowest BCUT2D eigenvalue weighted by Crippen LogP contribution is -2.21. The van der Waals surface area contributed by atoms with E-state index in [2.05, 4.69) is 5.48 Å². The van der Waals surface area contributed by atoms with Crippen molar-refractivity contribution in [3.63, 3.8) is 0 Å². The highest BCUT2D eigenvalue weighted by molar-refractivity contribution is 5.20. The first-order chi connectivity index (χ1) is 7.49. The van der Waals surface area contributed by atoms with Crippen molar-refractivity contribution in [1.29, 1.82) is 0 Å². The Labute approximate surface area is 94.6 Å². The van der Waals surface area contributed by atoms with E-state index < -0.39 is 11.6 Å². The van der Waals surface area contributed by atoms with Gasteiger partial charge in [0.25, 0.3) is 0 Å². The fourth-order valence-corrected chi connectivity index (χ4v) is 1.23. The summed E-state index contributed by atoms with van der Waals surface area (Å²) >= 11 is 0. The molecule has 1 rings (SSSR count). The second-order valence-electron chi connectivity index (χ2n) is 4.25. The average molecular weight is 229 g/mol. The highest BCUT2D eigenvalue weighted by Gasteiger charge is 2.08. The van der Waals surface area contributed by atoms with E-state index in [9.17, 15) is 8.78 Å². The van der Waals surface area contributed by atoms with Crippen LogP contribution >= 0.6 is 0 Å². The van der Waals surface area contributed by atoms with E-state index in [4.69, 9.17) is 4.84 Å². The Morgan fingerprint density at radius 3 is 2.19 bits per heavy atom.